The standard InChI is InChI=1S/C14H21/c1-4-5-6-13-7-9-14(10-8-13)11-12(2)3/h7-12H,4-6H2,1-3H3. The van der Waals surface area contributed by atoms with Gasteiger partial charge in [-0.1, -0.05) is 51.5 Å². The van der Waals surface area contributed by atoms with Crippen molar-refractivity contribution in [1.29, 1.82) is 0 Å². The average molecular weight is 189 g/mol. The Bertz CT molecular complexity index is 243. The van der Waals surface area contributed by atoms with Crippen LogP contribution in [0.5, 0.6) is 0 Å². The third-order valence-electron chi connectivity index (χ3n) is 2.32. The van der Waals surface area contributed by atoms with Crippen molar-refractivity contribution in [3.63, 3.8) is 0 Å². The monoisotopic (exact) mass is 189 g/mol. The predicted molar refractivity (Wildman–Crippen MR) is 63.3 cm³/mol. The minimum atomic E-state index is 0.636. The van der Waals surface area contributed by atoms with Gasteiger partial charge in [0.05, 0.1) is 0 Å². The van der Waals surface area contributed by atoms with E-state index in [0.29, 0.717) is 5.92 Å². The largest absolute Gasteiger partial charge is 0.0654 e. The molecule has 0 heteroatoms. The normalized spacial score (nSPS) is 10.9. The van der Waals surface area contributed by atoms with Crippen LogP contribution in [0.15, 0.2) is 24.3 Å². The van der Waals surface area contributed by atoms with Crippen LogP contribution in [0.25, 0.3) is 0 Å². The molecule has 0 aliphatic heterocycles. The molecular weight excluding hydrogens is 168 g/mol. The van der Waals surface area contributed by atoms with E-state index in [-0.39, 0.29) is 0 Å². The van der Waals surface area contributed by atoms with Gasteiger partial charge in [0.2, 0.25) is 0 Å². The summed E-state index contributed by atoms with van der Waals surface area (Å²) in [5.74, 6) is 0.636. The Balaban J connectivity index is 2.50. The van der Waals surface area contributed by atoms with Gasteiger partial charge in [-0.2, -0.15) is 0 Å². The van der Waals surface area contributed by atoms with E-state index in [1.807, 2.05) is 0 Å². The molecule has 77 valence electrons. The third kappa shape index (κ3) is 3.95. The number of aryl methyl sites for hydroxylation is 1. The lowest BCUT2D eigenvalue weighted by Crippen LogP contribution is -1.91. The minimum absolute atomic E-state index is 0.636. The zero-order chi connectivity index (χ0) is 10.4. The number of hydrogen-bond acceptors (Lipinski definition) is 0. The van der Waals surface area contributed by atoms with Crippen LogP contribution < -0.4 is 0 Å². The van der Waals surface area contributed by atoms with Crippen LogP contribution in [-0.2, 0) is 6.42 Å². The molecule has 0 aliphatic carbocycles. The molecule has 0 aromatic heterocycles. The minimum Gasteiger partial charge on any atom is -0.0654 e. The quantitative estimate of drug-likeness (QED) is 0.650. The van der Waals surface area contributed by atoms with Crippen LogP contribution in [0.4, 0.5) is 0 Å². The lowest BCUT2D eigenvalue weighted by Gasteiger charge is -2.05. The fourth-order valence-corrected chi connectivity index (χ4v) is 1.56. The van der Waals surface area contributed by atoms with Crippen molar-refractivity contribution < 1.29 is 0 Å². The molecule has 0 amide bonds. The van der Waals surface area contributed by atoms with Crippen LogP contribution in [0.3, 0.4) is 0 Å². The van der Waals surface area contributed by atoms with Gasteiger partial charge in [-0.05, 0) is 36.3 Å². The highest BCUT2D eigenvalue weighted by Gasteiger charge is 1.98. The summed E-state index contributed by atoms with van der Waals surface area (Å²) in [5.41, 5.74) is 2.81. The molecular formula is C14H21. The van der Waals surface area contributed by atoms with Gasteiger partial charge in [-0.3, -0.25) is 0 Å². The van der Waals surface area contributed by atoms with Crippen LogP contribution in [0, 0.1) is 12.3 Å². The van der Waals surface area contributed by atoms with E-state index in [0.717, 1.165) is 0 Å². The van der Waals surface area contributed by atoms with Crippen molar-refractivity contribution in [2.45, 2.75) is 40.0 Å². The van der Waals surface area contributed by atoms with Gasteiger partial charge in [0.15, 0.2) is 0 Å². The van der Waals surface area contributed by atoms with Gasteiger partial charge in [0, 0.05) is 0 Å². The second-order valence-electron chi connectivity index (χ2n) is 4.26. The van der Waals surface area contributed by atoms with E-state index in [2.05, 4.69) is 51.5 Å². The lowest BCUT2D eigenvalue weighted by atomic mass is 10.0. The average Bonchev–Trinajstić information content (AvgIpc) is 2.16. The van der Waals surface area contributed by atoms with Gasteiger partial charge in [0.1, 0.15) is 0 Å². The molecule has 0 nitrogen and oxygen atoms in total. The molecule has 0 atom stereocenters. The van der Waals surface area contributed by atoms with E-state index in [1.165, 1.54) is 30.4 Å². The van der Waals surface area contributed by atoms with Gasteiger partial charge < -0.3 is 0 Å². The Morgan fingerprint density at radius 2 is 1.79 bits per heavy atom. The first-order valence-electron chi connectivity index (χ1n) is 5.66. The Labute approximate surface area is 88.4 Å². The summed E-state index contributed by atoms with van der Waals surface area (Å²) in [6.45, 7) is 6.66. The van der Waals surface area contributed by atoms with Crippen molar-refractivity contribution in [2.24, 2.45) is 5.92 Å². The second-order valence-corrected chi connectivity index (χ2v) is 4.26. The predicted octanol–water partition coefficient (Wildman–Crippen LogP) is 4.24. The summed E-state index contributed by atoms with van der Waals surface area (Å²) in [4.78, 5) is 0. The molecule has 1 aromatic rings. The number of benzene rings is 1. The van der Waals surface area contributed by atoms with Crippen LogP contribution in [0.1, 0.15) is 44.7 Å². The van der Waals surface area contributed by atoms with E-state index in [1.54, 1.807) is 0 Å². The molecule has 0 aliphatic rings. The van der Waals surface area contributed by atoms with E-state index in [9.17, 15) is 0 Å². The Hall–Kier alpha value is -0.780. The van der Waals surface area contributed by atoms with Gasteiger partial charge in [-0.25, -0.2) is 0 Å². The smallest absolute Gasteiger partial charge is 0.00676 e. The van der Waals surface area contributed by atoms with Crippen LogP contribution in [-0.4, -0.2) is 0 Å². The topological polar surface area (TPSA) is 0 Å². The molecule has 0 saturated carbocycles. The molecule has 0 N–H and O–H groups in total. The fourth-order valence-electron chi connectivity index (χ4n) is 1.56. The highest BCUT2D eigenvalue weighted by Crippen LogP contribution is 2.13. The Morgan fingerprint density at radius 1 is 1.14 bits per heavy atom. The summed E-state index contributed by atoms with van der Waals surface area (Å²) >= 11 is 0. The molecule has 0 spiro atoms. The van der Waals surface area contributed by atoms with Gasteiger partial charge >= 0.3 is 0 Å². The SMILES string of the molecule is CCCCc1ccc([CH]C(C)C)cc1. The maximum absolute atomic E-state index is 2.30. The first kappa shape index (κ1) is 11.3. The molecule has 0 unspecified atom stereocenters. The highest BCUT2D eigenvalue weighted by atomic mass is 14.0. The fraction of sp³-hybridized carbons (Fsp3) is 0.500. The van der Waals surface area contributed by atoms with Crippen molar-refractivity contribution >= 4 is 0 Å². The number of rotatable bonds is 5. The summed E-state index contributed by atoms with van der Waals surface area (Å²) < 4.78 is 0. The van der Waals surface area contributed by atoms with E-state index < -0.39 is 0 Å². The molecule has 0 heterocycles. The van der Waals surface area contributed by atoms with Crippen LogP contribution >= 0.6 is 0 Å². The van der Waals surface area contributed by atoms with Gasteiger partial charge in [-0.15, -0.1) is 0 Å². The number of hydrogen-bond donors (Lipinski definition) is 0. The number of unbranched alkanes of at least 4 members (excludes halogenated alkanes) is 1. The zero-order valence-corrected chi connectivity index (χ0v) is 9.59. The maximum Gasteiger partial charge on any atom is -0.00676 e. The van der Waals surface area contributed by atoms with Crippen molar-refractivity contribution in [3.8, 4) is 0 Å². The lowest BCUT2D eigenvalue weighted by molar-refractivity contribution is 0.774. The molecule has 0 bridgehead atoms. The molecule has 0 saturated heterocycles. The van der Waals surface area contributed by atoms with Crippen molar-refractivity contribution in [1.82, 2.24) is 0 Å². The first-order valence-corrected chi connectivity index (χ1v) is 5.66. The molecule has 1 aromatic carbocycles. The molecule has 14 heavy (non-hydrogen) atoms. The Kier molecular flexibility index (Phi) is 4.72. The summed E-state index contributed by atoms with van der Waals surface area (Å²) in [6.07, 6.45) is 6.09. The van der Waals surface area contributed by atoms with Gasteiger partial charge in [0.25, 0.3) is 0 Å². The highest BCUT2D eigenvalue weighted by molar-refractivity contribution is 5.28. The molecule has 1 rings (SSSR count). The molecule has 0 fully saturated rings. The van der Waals surface area contributed by atoms with E-state index >= 15 is 0 Å². The summed E-state index contributed by atoms with van der Waals surface area (Å²) in [7, 11) is 0. The summed E-state index contributed by atoms with van der Waals surface area (Å²) in [6, 6.07) is 8.96. The maximum atomic E-state index is 2.30. The zero-order valence-electron chi connectivity index (χ0n) is 9.59. The molecule has 1 radical (unpaired) electrons. The van der Waals surface area contributed by atoms with E-state index in [4.69, 9.17) is 0 Å². The second kappa shape index (κ2) is 5.85. The Morgan fingerprint density at radius 3 is 2.29 bits per heavy atom. The van der Waals surface area contributed by atoms with Crippen LogP contribution in [0.2, 0.25) is 0 Å². The third-order valence-corrected chi connectivity index (χ3v) is 2.32. The van der Waals surface area contributed by atoms with Crippen molar-refractivity contribution in [3.05, 3.63) is 41.8 Å². The first-order chi connectivity index (χ1) is 6.72. The summed E-state index contributed by atoms with van der Waals surface area (Å²) in [5, 5.41) is 0. The van der Waals surface area contributed by atoms with Crippen molar-refractivity contribution in [2.75, 3.05) is 0 Å².